The summed E-state index contributed by atoms with van der Waals surface area (Å²) in [6.45, 7) is 4.85. The number of carbonyl (C=O) groups is 1. The lowest BCUT2D eigenvalue weighted by Crippen LogP contribution is -2.40. The van der Waals surface area contributed by atoms with Crippen LogP contribution >= 0.6 is 0 Å². The highest BCUT2D eigenvalue weighted by molar-refractivity contribution is 5.82. The Morgan fingerprint density at radius 2 is 2.21 bits per heavy atom. The van der Waals surface area contributed by atoms with Gasteiger partial charge < -0.3 is 15.2 Å². The number of ether oxygens (including phenoxy) is 1. The van der Waals surface area contributed by atoms with Gasteiger partial charge in [0, 0.05) is 18.6 Å². The summed E-state index contributed by atoms with van der Waals surface area (Å²) >= 11 is 0. The molecule has 0 bridgehead atoms. The third-order valence-corrected chi connectivity index (χ3v) is 3.40. The standard InChI is InChI=1S/C15H21NO3/c1-15(2,10-17)9-16-14(18)13-12-6-4-3-5-11(12)7-8-19-13/h3-6,13,17H,7-10H2,1-2H3,(H,16,18). The molecule has 1 aromatic carbocycles. The molecule has 1 unspecified atom stereocenters. The number of hydrogen-bond acceptors (Lipinski definition) is 3. The van der Waals surface area contributed by atoms with Crippen LogP contribution in [0.3, 0.4) is 0 Å². The summed E-state index contributed by atoms with van der Waals surface area (Å²) in [4.78, 5) is 12.2. The topological polar surface area (TPSA) is 58.6 Å². The molecule has 0 aliphatic carbocycles. The maximum Gasteiger partial charge on any atom is 0.253 e. The van der Waals surface area contributed by atoms with E-state index in [1.54, 1.807) is 0 Å². The highest BCUT2D eigenvalue weighted by Crippen LogP contribution is 2.27. The van der Waals surface area contributed by atoms with E-state index in [0.717, 1.165) is 12.0 Å². The molecule has 0 fully saturated rings. The number of aliphatic hydroxyl groups is 1. The molecule has 2 N–H and O–H groups in total. The Balaban J connectivity index is 2.05. The minimum atomic E-state index is -0.528. The average Bonchev–Trinajstić information content (AvgIpc) is 2.44. The molecule has 1 aliphatic rings. The quantitative estimate of drug-likeness (QED) is 0.864. The summed E-state index contributed by atoms with van der Waals surface area (Å²) in [7, 11) is 0. The van der Waals surface area contributed by atoms with E-state index in [2.05, 4.69) is 5.32 Å². The zero-order valence-electron chi connectivity index (χ0n) is 11.5. The second kappa shape index (κ2) is 5.72. The molecule has 1 amide bonds. The third kappa shape index (κ3) is 3.33. The van der Waals surface area contributed by atoms with Crippen molar-refractivity contribution in [3.8, 4) is 0 Å². The summed E-state index contributed by atoms with van der Waals surface area (Å²) in [6, 6.07) is 7.88. The van der Waals surface area contributed by atoms with E-state index >= 15 is 0 Å². The van der Waals surface area contributed by atoms with Crippen LogP contribution in [0.2, 0.25) is 0 Å². The maximum atomic E-state index is 12.2. The molecule has 0 saturated heterocycles. The zero-order valence-corrected chi connectivity index (χ0v) is 11.5. The van der Waals surface area contributed by atoms with Crippen molar-refractivity contribution in [2.45, 2.75) is 26.4 Å². The Morgan fingerprint density at radius 3 is 2.95 bits per heavy atom. The van der Waals surface area contributed by atoms with E-state index in [9.17, 15) is 9.90 Å². The van der Waals surface area contributed by atoms with Crippen LogP contribution in [0, 0.1) is 5.41 Å². The first-order valence-corrected chi connectivity index (χ1v) is 6.61. The molecular formula is C15H21NO3. The van der Waals surface area contributed by atoms with Gasteiger partial charge in [-0.25, -0.2) is 0 Å². The maximum absolute atomic E-state index is 12.2. The fourth-order valence-corrected chi connectivity index (χ4v) is 2.09. The van der Waals surface area contributed by atoms with Crippen molar-refractivity contribution in [3.63, 3.8) is 0 Å². The minimum Gasteiger partial charge on any atom is -0.396 e. The minimum absolute atomic E-state index is 0.0371. The van der Waals surface area contributed by atoms with Gasteiger partial charge in [0.25, 0.3) is 5.91 Å². The monoisotopic (exact) mass is 263 g/mol. The largest absolute Gasteiger partial charge is 0.396 e. The van der Waals surface area contributed by atoms with E-state index in [1.807, 2.05) is 38.1 Å². The van der Waals surface area contributed by atoms with Gasteiger partial charge in [0.15, 0.2) is 6.10 Å². The van der Waals surface area contributed by atoms with E-state index in [0.29, 0.717) is 13.2 Å². The first kappa shape index (κ1) is 14.0. The fraction of sp³-hybridized carbons (Fsp3) is 0.533. The van der Waals surface area contributed by atoms with Crippen LogP contribution in [0.1, 0.15) is 31.1 Å². The Labute approximate surface area is 113 Å². The van der Waals surface area contributed by atoms with Gasteiger partial charge in [-0.3, -0.25) is 4.79 Å². The van der Waals surface area contributed by atoms with Crippen molar-refractivity contribution in [2.75, 3.05) is 19.8 Å². The Morgan fingerprint density at radius 1 is 1.47 bits per heavy atom. The molecule has 0 radical (unpaired) electrons. The van der Waals surface area contributed by atoms with Crippen LogP contribution in [0.15, 0.2) is 24.3 Å². The molecule has 0 aromatic heterocycles. The smallest absolute Gasteiger partial charge is 0.253 e. The number of hydrogen-bond donors (Lipinski definition) is 2. The molecule has 1 heterocycles. The van der Waals surface area contributed by atoms with Gasteiger partial charge in [0.2, 0.25) is 0 Å². The highest BCUT2D eigenvalue weighted by atomic mass is 16.5. The molecule has 0 saturated carbocycles. The summed E-state index contributed by atoms with van der Waals surface area (Å²) < 4.78 is 5.59. The molecule has 4 nitrogen and oxygen atoms in total. The number of rotatable bonds is 4. The first-order valence-electron chi connectivity index (χ1n) is 6.61. The number of nitrogens with one attached hydrogen (secondary N) is 1. The lowest BCUT2D eigenvalue weighted by Gasteiger charge is -2.27. The molecule has 19 heavy (non-hydrogen) atoms. The van der Waals surface area contributed by atoms with E-state index < -0.39 is 6.10 Å². The van der Waals surface area contributed by atoms with Crippen molar-refractivity contribution < 1.29 is 14.6 Å². The molecular weight excluding hydrogens is 242 g/mol. The highest BCUT2D eigenvalue weighted by Gasteiger charge is 2.28. The summed E-state index contributed by atoms with van der Waals surface area (Å²) in [5.41, 5.74) is 1.81. The normalized spacial score (nSPS) is 18.8. The molecule has 4 heteroatoms. The van der Waals surface area contributed by atoms with Crippen molar-refractivity contribution in [2.24, 2.45) is 5.41 Å². The fourth-order valence-electron chi connectivity index (χ4n) is 2.09. The Hall–Kier alpha value is -1.39. The lowest BCUT2D eigenvalue weighted by atomic mass is 9.94. The number of carbonyl (C=O) groups excluding carboxylic acids is 1. The molecule has 2 rings (SSSR count). The second-order valence-corrected chi connectivity index (χ2v) is 5.74. The summed E-state index contributed by atoms with van der Waals surface area (Å²) in [5, 5.41) is 12.1. The van der Waals surface area contributed by atoms with Crippen LogP contribution in [-0.4, -0.2) is 30.8 Å². The van der Waals surface area contributed by atoms with E-state index in [-0.39, 0.29) is 17.9 Å². The molecule has 1 atom stereocenters. The number of amides is 1. The Bertz CT molecular complexity index is 456. The first-order chi connectivity index (χ1) is 9.03. The predicted molar refractivity (Wildman–Crippen MR) is 72.7 cm³/mol. The van der Waals surface area contributed by atoms with Gasteiger partial charge >= 0.3 is 0 Å². The van der Waals surface area contributed by atoms with E-state index in [4.69, 9.17) is 4.74 Å². The van der Waals surface area contributed by atoms with Crippen molar-refractivity contribution in [1.82, 2.24) is 5.32 Å². The van der Waals surface area contributed by atoms with Crippen LogP contribution in [0.25, 0.3) is 0 Å². The van der Waals surface area contributed by atoms with Gasteiger partial charge in [0.05, 0.1) is 6.61 Å². The van der Waals surface area contributed by atoms with Crippen LogP contribution in [0.4, 0.5) is 0 Å². The molecule has 0 spiro atoms. The van der Waals surface area contributed by atoms with Crippen LogP contribution in [0.5, 0.6) is 0 Å². The Kier molecular flexibility index (Phi) is 4.22. The zero-order chi connectivity index (χ0) is 13.9. The van der Waals surface area contributed by atoms with Crippen molar-refractivity contribution in [3.05, 3.63) is 35.4 Å². The predicted octanol–water partition coefficient (Wildman–Crippen LogP) is 1.44. The van der Waals surface area contributed by atoms with Crippen molar-refractivity contribution >= 4 is 5.91 Å². The summed E-state index contributed by atoms with van der Waals surface area (Å²) in [5.74, 6) is -0.131. The average molecular weight is 263 g/mol. The third-order valence-electron chi connectivity index (χ3n) is 3.40. The van der Waals surface area contributed by atoms with Gasteiger partial charge in [0.1, 0.15) is 0 Å². The van der Waals surface area contributed by atoms with Crippen LogP contribution < -0.4 is 5.32 Å². The second-order valence-electron chi connectivity index (χ2n) is 5.74. The van der Waals surface area contributed by atoms with Gasteiger partial charge in [-0.2, -0.15) is 0 Å². The molecule has 1 aromatic rings. The molecule has 104 valence electrons. The number of benzene rings is 1. The van der Waals surface area contributed by atoms with Gasteiger partial charge in [-0.05, 0) is 17.5 Å². The van der Waals surface area contributed by atoms with Gasteiger partial charge in [-0.15, -0.1) is 0 Å². The number of fused-ring (bicyclic) bond motifs is 1. The SMILES string of the molecule is CC(C)(CO)CNC(=O)C1OCCc2ccccc21. The van der Waals surface area contributed by atoms with Crippen LogP contribution in [-0.2, 0) is 16.0 Å². The van der Waals surface area contributed by atoms with Crippen molar-refractivity contribution in [1.29, 1.82) is 0 Å². The molecule has 1 aliphatic heterocycles. The van der Waals surface area contributed by atoms with Gasteiger partial charge in [-0.1, -0.05) is 38.1 Å². The lowest BCUT2D eigenvalue weighted by molar-refractivity contribution is -0.134. The summed E-state index contributed by atoms with van der Waals surface area (Å²) in [6.07, 6.45) is 0.321. The number of aliphatic hydroxyl groups excluding tert-OH is 1. The van der Waals surface area contributed by atoms with E-state index in [1.165, 1.54) is 5.56 Å².